The van der Waals surface area contributed by atoms with E-state index in [1.165, 1.54) is 39.9 Å². The average Bonchev–Trinajstić information content (AvgIpc) is 3.09. The van der Waals surface area contributed by atoms with Gasteiger partial charge < -0.3 is 0 Å². The highest BCUT2D eigenvalue weighted by molar-refractivity contribution is 8.01. The first-order valence-electron chi connectivity index (χ1n) is 8.78. The van der Waals surface area contributed by atoms with E-state index in [9.17, 15) is 13.2 Å². The predicted octanol–water partition coefficient (Wildman–Crippen LogP) is 3.32. The van der Waals surface area contributed by atoms with Crippen LogP contribution >= 0.6 is 23.1 Å². The Bertz CT molecular complexity index is 888. The molecule has 1 fully saturated rings. The molecule has 7 nitrogen and oxygen atoms in total. The molecule has 2 aromatic rings. The first-order chi connectivity index (χ1) is 12.9. The van der Waals surface area contributed by atoms with Gasteiger partial charge in [0.05, 0.1) is 4.90 Å². The zero-order chi connectivity index (χ0) is 19.4. The van der Waals surface area contributed by atoms with E-state index in [2.05, 4.69) is 22.4 Å². The second-order valence-electron chi connectivity index (χ2n) is 6.37. The van der Waals surface area contributed by atoms with Crippen molar-refractivity contribution in [3.05, 3.63) is 29.8 Å². The van der Waals surface area contributed by atoms with Crippen molar-refractivity contribution in [3.63, 3.8) is 0 Å². The second kappa shape index (κ2) is 8.68. The lowest BCUT2D eigenvalue weighted by molar-refractivity contribution is 0.102. The number of piperidine rings is 1. The van der Waals surface area contributed by atoms with Gasteiger partial charge in [0.1, 0.15) is 0 Å². The van der Waals surface area contributed by atoms with Gasteiger partial charge in [-0.2, -0.15) is 4.31 Å². The number of carbonyl (C=O) groups excluding carboxylic acids is 1. The summed E-state index contributed by atoms with van der Waals surface area (Å²) in [5.41, 5.74) is 0.376. The van der Waals surface area contributed by atoms with Gasteiger partial charge in [-0.3, -0.25) is 10.1 Å². The van der Waals surface area contributed by atoms with Crippen molar-refractivity contribution < 1.29 is 13.2 Å². The topological polar surface area (TPSA) is 92.3 Å². The molecule has 0 spiro atoms. The van der Waals surface area contributed by atoms with Crippen molar-refractivity contribution in [1.29, 1.82) is 0 Å². The summed E-state index contributed by atoms with van der Waals surface area (Å²) in [6.45, 7) is 5.24. The molecule has 0 unspecified atom stereocenters. The van der Waals surface area contributed by atoms with Crippen molar-refractivity contribution >= 4 is 44.2 Å². The Balaban J connectivity index is 1.67. The van der Waals surface area contributed by atoms with Crippen LogP contribution in [0.2, 0.25) is 0 Å². The van der Waals surface area contributed by atoms with Gasteiger partial charge in [0.2, 0.25) is 15.2 Å². The van der Waals surface area contributed by atoms with Crippen molar-refractivity contribution in [2.45, 2.75) is 35.9 Å². The summed E-state index contributed by atoms with van der Waals surface area (Å²) in [6, 6.07) is 6.02. The summed E-state index contributed by atoms with van der Waals surface area (Å²) in [4.78, 5) is 12.6. The van der Waals surface area contributed by atoms with Gasteiger partial charge in [-0.05, 0) is 48.8 Å². The van der Waals surface area contributed by atoms with Gasteiger partial charge in [-0.1, -0.05) is 36.9 Å². The van der Waals surface area contributed by atoms with Crippen molar-refractivity contribution in [2.75, 3.05) is 24.2 Å². The number of nitrogens with one attached hydrogen (secondary N) is 1. The van der Waals surface area contributed by atoms with Crippen LogP contribution in [0.1, 0.15) is 37.0 Å². The number of sulfonamides is 1. The number of benzene rings is 1. The van der Waals surface area contributed by atoms with E-state index in [0.717, 1.165) is 22.9 Å². The molecule has 27 heavy (non-hydrogen) atoms. The molecule has 2 heterocycles. The maximum atomic E-state index is 12.7. The smallest absolute Gasteiger partial charge is 0.257 e. The number of amides is 1. The molecule has 146 valence electrons. The second-order valence-corrected chi connectivity index (χ2v) is 10.8. The minimum Gasteiger partial charge on any atom is -0.296 e. The number of anilines is 1. The molecule has 10 heteroatoms. The lowest BCUT2D eigenvalue weighted by Crippen LogP contribution is -2.37. The molecule has 1 aliphatic rings. The SMILES string of the molecule is CCSc1nnc(NC(=O)c2ccc(S(=O)(=O)N3CCC(C)CC3)cc2)s1. The van der Waals surface area contributed by atoms with Gasteiger partial charge in [0.25, 0.3) is 5.91 Å². The first-order valence-corrected chi connectivity index (χ1v) is 12.0. The van der Waals surface area contributed by atoms with Crippen molar-refractivity contribution in [2.24, 2.45) is 5.92 Å². The monoisotopic (exact) mass is 426 g/mol. The normalized spacial score (nSPS) is 16.4. The lowest BCUT2D eigenvalue weighted by atomic mass is 10.0. The lowest BCUT2D eigenvalue weighted by Gasteiger charge is -2.29. The van der Waals surface area contributed by atoms with Crippen LogP contribution in [0.15, 0.2) is 33.5 Å². The Kier molecular flexibility index (Phi) is 6.51. The number of carbonyl (C=O) groups is 1. The molecule has 1 aromatic carbocycles. The van der Waals surface area contributed by atoms with Crippen LogP contribution in [0.4, 0.5) is 5.13 Å². The Labute approximate surface area is 167 Å². The van der Waals surface area contributed by atoms with Gasteiger partial charge in [-0.15, -0.1) is 10.2 Å². The number of rotatable bonds is 6. The third-order valence-electron chi connectivity index (χ3n) is 4.39. The molecular weight excluding hydrogens is 404 g/mol. The van der Waals surface area contributed by atoms with Crippen LogP contribution in [-0.4, -0.2) is 47.7 Å². The quantitative estimate of drug-likeness (QED) is 0.563. The molecule has 0 radical (unpaired) electrons. The van der Waals surface area contributed by atoms with Gasteiger partial charge in [-0.25, -0.2) is 8.42 Å². The van der Waals surface area contributed by atoms with Gasteiger partial charge in [0.15, 0.2) is 4.34 Å². The Morgan fingerprint density at radius 2 is 1.93 bits per heavy atom. The summed E-state index contributed by atoms with van der Waals surface area (Å²) in [5.74, 6) is 1.10. The summed E-state index contributed by atoms with van der Waals surface area (Å²) in [7, 11) is -3.51. The predicted molar refractivity (Wildman–Crippen MR) is 108 cm³/mol. The maximum Gasteiger partial charge on any atom is 0.257 e. The largest absolute Gasteiger partial charge is 0.296 e. The molecule has 0 atom stereocenters. The molecule has 1 aliphatic heterocycles. The molecule has 0 saturated carbocycles. The number of thioether (sulfide) groups is 1. The van der Waals surface area contributed by atoms with Crippen LogP contribution in [0.25, 0.3) is 0 Å². The third kappa shape index (κ3) is 4.87. The highest BCUT2D eigenvalue weighted by atomic mass is 32.2. The van der Waals surface area contributed by atoms with E-state index in [0.29, 0.717) is 29.7 Å². The van der Waals surface area contributed by atoms with E-state index in [1.807, 2.05) is 6.92 Å². The van der Waals surface area contributed by atoms with Gasteiger partial charge >= 0.3 is 0 Å². The Morgan fingerprint density at radius 3 is 2.56 bits per heavy atom. The molecule has 0 bridgehead atoms. The summed E-state index contributed by atoms with van der Waals surface area (Å²) < 4.78 is 27.8. The van der Waals surface area contributed by atoms with E-state index in [4.69, 9.17) is 0 Å². The highest BCUT2D eigenvalue weighted by Gasteiger charge is 2.28. The summed E-state index contributed by atoms with van der Waals surface area (Å²) in [5, 5.41) is 11.0. The summed E-state index contributed by atoms with van der Waals surface area (Å²) >= 11 is 2.87. The highest BCUT2D eigenvalue weighted by Crippen LogP contribution is 2.26. The van der Waals surface area contributed by atoms with E-state index in [1.54, 1.807) is 11.8 Å². The first kappa shape index (κ1) is 20.2. The molecule has 0 aliphatic carbocycles. The minimum atomic E-state index is -3.51. The third-order valence-corrected chi connectivity index (χ3v) is 8.16. The maximum absolute atomic E-state index is 12.7. The zero-order valence-corrected chi connectivity index (χ0v) is 17.7. The summed E-state index contributed by atoms with van der Waals surface area (Å²) in [6.07, 6.45) is 1.75. The number of aromatic nitrogens is 2. The Hall–Kier alpha value is -1.49. The van der Waals surface area contributed by atoms with E-state index >= 15 is 0 Å². The molecule has 1 aromatic heterocycles. The van der Waals surface area contributed by atoms with Crippen LogP contribution in [0.5, 0.6) is 0 Å². The standard InChI is InChI=1S/C17H22N4O3S3/c1-3-25-17-20-19-16(26-17)18-15(22)13-4-6-14(7-5-13)27(23,24)21-10-8-12(2)9-11-21/h4-7,12H,3,8-11H2,1-2H3,(H,18,19,22). The molecule has 1 saturated heterocycles. The van der Waals surface area contributed by atoms with Crippen molar-refractivity contribution in [3.8, 4) is 0 Å². The fourth-order valence-electron chi connectivity index (χ4n) is 2.76. The zero-order valence-electron chi connectivity index (χ0n) is 15.2. The average molecular weight is 427 g/mol. The van der Waals surface area contributed by atoms with Crippen molar-refractivity contribution in [1.82, 2.24) is 14.5 Å². The fraction of sp³-hybridized carbons (Fsp3) is 0.471. The molecule has 3 rings (SSSR count). The van der Waals surface area contributed by atoms with Crippen LogP contribution in [-0.2, 0) is 10.0 Å². The fourth-order valence-corrected chi connectivity index (χ4v) is 5.88. The number of hydrogen-bond donors (Lipinski definition) is 1. The van der Waals surface area contributed by atoms with E-state index in [-0.39, 0.29) is 10.8 Å². The Morgan fingerprint density at radius 1 is 1.26 bits per heavy atom. The van der Waals surface area contributed by atoms with Crippen LogP contribution in [0, 0.1) is 5.92 Å². The molecule has 1 N–H and O–H groups in total. The minimum absolute atomic E-state index is 0.214. The number of nitrogens with zero attached hydrogens (tertiary/aromatic N) is 3. The molecular formula is C17H22N4O3S3. The van der Waals surface area contributed by atoms with E-state index < -0.39 is 10.0 Å². The molecule has 1 amide bonds. The van der Waals surface area contributed by atoms with Crippen LogP contribution < -0.4 is 5.32 Å². The van der Waals surface area contributed by atoms with Crippen LogP contribution in [0.3, 0.4) is 0 Å². The van der Waals surface area contributed by atoms with Gasteiger partial charge in [0, 0.05) is 18.7 Å². The number of hydrogen-bond acceptors (Lipinski definition) is 7.